The zero-order chi connectivity index (χ0) is 10.0. The third-order valence-corrected chi connectivity index (χ3v) is 2.62. The quantitative estimate of drug-likeness (QED) is 0.516. The Hall–Kier alpha value is -0.690. The lowest BCUT2D eigenvalue weighted by molar-refractivity contribution is -0.385. The molecule has 2 N–H and O–H groups in total. The molecule has 0 aliphatic heterocycles. The van der Waals surface area contributed by atoms with Gasteiger partial charge >= 0.3 is 0 Å². The molecule has 0 amide bonds. The monoisotopic (exact) mass is 292 g/mol. The van der Waals surface area contributed by atoms with Gasteiger partial charge in [0.05, 0.1) is 4.92 Å². The Morgan fingerprint density at radius 3 is 2.62 bits per heavy atom. The van der Waals surface area contributed by atoms with Gasteiger partial charge in [-0.25, -0.2) is 0 Å². The van der Waals surface area contributed by atoms with Gasteiger partial charge in [0, 0.05) is 21.7 Å². The Labute approximate surface area is 89.4 Å². The van der Waals surface area contributed by atoms with Gasteiger partial charge in [-0.05, 0) is 41.1 Å². The Kier molecular flexibility index (Phi) is 3.21. The molecule has 1 atom stereocenters. The number of rotatable bonds is 2. The van der Waals surface area contributed by atoms with E-state index in [2.05, 4.69) is 22.6 Å². The van der Waals surface area contributed by atoms with Crippen LogP contribution in [0.25, 0.3) is 0 Å². The summed E-state index contributed by atoms with van der Waals surface area (Å²) in [7, 11) is 0. The van der Waals surface area contributed by atoms with E-state index in [9.17, 15) is 10.1 Å². The van der Waals surface area contributed by atoms with Crippen LogP contribution in [-0.2, 0) is 0 Å². The highest BCUT2D eigenvalue weighted by Crippen LogP contribution is 2.23. The van der Waals surface area contributed by atoms with Crippen LogP contribution in [0.15, 0.2) is 18.2 Å². The maximum atomic E-state index is 10.4. The van der Waals surface area contributed by atoms with Gasteiger partial charge in [-0.2, -0.15) is 0 Å². The molecule has 1 unspecified atom stereocenters. The number of nitrogens with two attached hydrogens (primary N) is 1. The maximum Gasteiger partial charge on any atom is 0.270 e. The molecule has 0 saturated heterocycles. The molecule has 13 heavy (non-hydrogen) atoms. The summed E-state index contributed by atoms with van der Waals surface area (Å²) in [5, 5.41) is 10.4. The van der Waals surface area contributed by atoms with Gasteiger partial charge in [-0.3, -0.25) is 10.1 Å². The van der Waals surface area contributed by atoms with Crippen LogP contribution < -0.4 is 5.73 Å². The van der Waals surface area contributed by atoms with Gasteiger partial charge in [0.2, 0.25) is 0 Å². The van der Waals surface area contributed by atoms with E-state index in [4.69, 9.17) is 5.73 Å². The molecule has 0 aromatic heterocycles. The molecule has 0 aliphatic carbocycles. The second kappa shape index (κ2) is 4.01. The predicted octanol–water partition coefficient (Wildman–Crippen LogP) is 2.22. The largest absolute Gasteiger partial charge is 0.324 e. The summed E-state index contributed by atoms with van der Waals surface area (Å²) in [6.07, 6.45) is 0. The molecular weight excluding hydrogens is 283 g/mol. The van der Waals surface area contributed by atoms with Crippen molar-refractivity contribution in [2.45, 2.75) is 13.0 Å². The van der Waals surface area contributed by atoms with E-state index in [0.717, 1.165) is 9.13 Å². The molecule has 70 valence electrons. The van der Waals surface area contributed by atoms with Gasteiger partial charge < -0.3 is 5.73 Å². The van der Waals surface area contributed by atoms with Gasteiger partial charge in [0.1, 0.15) is 0 Å². The topological polar surface area (TPSA) is 69.2 Å². The van der Waals surface area contributed by atoms with Gasteiger partial charge in [-0.15, -0.1) is 0 Å². The zero-order valence-corrected chi connectivity index (χ0v) is 9.19. The molecule has 0 aliphatic rings. The number of hydrogen-bond acceptors (Lipinski definition) is 3. The van der Waals surface area contributed by atoms with Crippen LogP contribution >= 0.6 is 22.6 Å². The van der Waals surface area contributed by atoms with Crippen molar-refractivity contribution in [3.63, 3.8) is 0 Å². The number of nitrogens with zero attached hydrogens (tertiary/aromatic N) is 1. The minimum absolute atomic E-state index is 0.0901. The van der Waals surface area contributed by atoms with Crippen molar-refractivity contribution in [1.29, 1.82) is 0 Å². The minimum atomic E-state index is -0.410. The molecule has 5 heteroatoms. The summed E-state index contributed by atoms with van der Waals surface area (Å²) in [4.78, 5) is 10.00. The summed E-state index contributed by atoms with van der Waals surface area (Å²) in [5.74, 6) is 0. The van der Waals surface area contributed by atoms with Crippen molar-refractivity contribution < 1.29 is 4.92 Å². The summed E-state index contributed by atoms with van der Waals surface area (Å²) < 4.78 is 0.835. The zero-order valence-electron chi connectivity index (χ0n) is 7.03. The first kappa shape index (κ1) is 10.4. The molecule has 0 spiro atoms. The highest BCUT2D eigenvalue weighted by molar-refractivity contribution is 14.1. The Balaban J connectivity index is 3.13. The molecule has 1 aromatic carbocycles. The molecule has 1 rings (SSSR count). The van der Waals surface area contributed by atoms with Crippen molar-refractivity contribution in [2.24, 2.45) is 5.73 Å². The molecule has 1 aromatic rings. The summed E-state index contributed by atoms with van der Waals surface area (Å²) >= 11 is 2.05. The lowest BCUT2D eigenvalue weighted by Crippen LogP contribution is -2.07. The van der Waals surface area contributed by atoms with Gasteiger partial charge in [0.15, 0.2) is 0 Å². The SMILES string of the molecule is CC(N)c1ccc([N+](=O)[O-])cc1I. The third kappa shape index (κ3) is 2.38. The fourth-order valence-corrected chi connectivity index (χ4v) is 1.99. The van der Waals surface area contributed by atoms with Gasteiger partial charge in [0.25, 0.3) is 5.69 Å². The van der Waals surface area contributed by atoms with Crippen LogP contribution in [0.3, 0.4) is 0 Å². The van der Waals surface area contributed by atoms with E-state index < -0.39 is 4.92 Å². The Morgan fingerprint density at radius 1 is 1.62 bits per heavy atom. The van der Waals surface area contributed by atoms with Crippen LogP contribution in [0.2, 0.25) is 0 Å². The van der Waals surface area contributed by atoms with Crippen molar-refractivity contribution in [3.05, 3.63) is 37.4 Å². The normalized spacial score (nSPS) is 12.5. The fraction of sp³-hybridized carbons (Fsp3) is 0.250. The molecule has 0 saturated carbocycles. The first-order valence-electron chi connectivity index (χ1n) is 3.72. The van der Waals surface area contributed by atoms with Crippen molar-refractivity contribution in [3.8, 4) is 0 Å². The van der Waals surface area contributed by atoms with Crippen LogP contribution in [0.1, 0.15) is 18.5 Å². The van der Waals surface area contributed by atoms with E-state index in [-0.39, 0.29) is 11.7 Å². The molecule has 4 nitrogen and oxygen atoms in total. The first-order chi connectivity index (χ1) is 6.02. The van der Waals surface area contributed by atoms with Crippen LogP contribution in [0.4, 0.5) is 5.69 Å². The summed E-state index contributed by atoms with van der Waals surface area (Å²) in [6, 6.07) is 4.61. The number of benzene rings is 1. The predicted molar refractivity (Wildman–Crippen MR) is 58.4 cm³/mol. The Bertz CT molecular complexity index is 339. The summed E-state index contributed by atoms with van der Waals surface area (Å²) in [5.41, 5.74) is 6.71. The average Bonchev–Trinajstić information content (AvgIpc) is 2.03. The molecule has 0 radical (unpaired) electrons. The standard InChI is InChI=1S/C8H9IN2O2/c1-5(10)7-3-2-6(11(12)13)4-8(7)9/h2-5H,10H2,1H3. The number of non-ortho nitro benzene ring substituents is 1. The number of nitro groups is 1. The number of halogens is 1. The Morgan fingerprint density at radius 2 is 2.23 bits per heavy atom. The van der Waals surface area contributed by atoms with Crippen molar-refractivity contribution in [2.75, 3.05) is 0 Å². The van der Waals surface area contributed by atoms with Crippen molar-refractivity contribution >= 4 is 28.3 Å². The van der Waals surface area contributed by atoms with E-state index in [1.54, 1.807) is 6.07 Å². The summed E-state index contributed by atoms with van der Waals surface area (Å²) in [6.45, 7) is 1.85. The second-order valence-electron chi connectivity index (χ2n) is 2.75. The smallest absolute Gasteiger partial charge is 0.270 e. The van der Waals surface area contributed by atoms with Crippen LogP contribution in [-0.4, -0.2) is 4.92 Å². The second-order valence-corrected chi connectivity index (χ2v) is 3.91. The number of nitro benzene ring substituents is 1. The van der Waals surface area contributed by atoms with Crippen LogP contribution in [0, 0.1) is 13.7 Å². The molecule has 0 bridgehead atoms. The number of hydrogen-bond donors (Lipinski definition) is 1. The first-order valence-corrected chi connectivity index (χ1v) is 4.79. The molecular formula is C8H9IN2O2. The van der Waals surface area contributed by atoms with Gasteiger partial charge in [-0.1, -0.05) is 0 Å². The maximum absolute atomic E-state index is 10.4. The highest BCUT2D eigenvalue weighted by Gasteiger charge is 2.10. The van der Waals surface area contributed by atoms with E-state index >= 15 is 0 Å². The van der Waals surface area contributed by atoms with E-state index in [1.165, 1.54) is 12.1 Å². The third-order valence-electron chi connectivity index (χ3n) is 1.69. The van der Waals surface area contributed by atoms with Crippen LogP contribution in [0.5, 0.6) is 0 Å². The lowest BCUT2D eigenvalue weighted by Gasteiger charge is -2.07. The van der Waals surface area contributed by atoms with Crippen molar-refractivity contribution in [1.82, 2.24) is 0 Å². The van der Waals surface area contributed by atoms with E-state index in [1.807, 2.05) is 6.92 Å². The molecule has 0 fully saturated rings. The minimum Gasteiger partial charge on any atom is -0.324 e. The lowest BCUT2D eigenvalue weighted by atomic mass is 10.1. The fourth-order valence-electron chi connectivity index (χ4n) is 0.999. The average molecular weight is 292 g/mol. The highest BCUT2D eigenvalue weighted by atomic mass is 127. The van der Waals surface area contributed by atoms with E-state index in [0.29, 0.717) is 0 Å². The molecule has 0 heterocycles.